The van der Waals surface area contributed by atoms with Crippen molar-refractivity contribution >= 4 is 29.1 Å². The monoisotopic (exact) mass is 309 g/mol. The van der Waals surface area contributed by atoms with Gasteiger partial charge in [0.2, 0.25) is 5.91 Å². The van der Waals surface area contributed by atoms with Crippen LogP contribution in [-0.4, -0.2) is 5.91 Å². The molecule has 3 nitrogen and oxygen atoms in total. The lowest BCUT2D eigenvalue weighted by atomic mass is 10.1. The maximum absolute atomic E-state index is 11.1. The highest BCUT2D eigenvalue weighted by Crippen LogP contribution is 2.34. The van der Waals surface area contributed by atoms with Gasteiger partial charge in [-0.3, -0.25) is 4.79 Å². The van der Waals surface area contributed by atoms with Crippen molar-refractivity contribution in [3.8, 4) is 5.75 Å². The fourth-order valence-electron chi connectivity index (χ4n) is 1.68. The van der Waals surface area contributed by atoms with Crippen LogP contribution in [0.25, 0.3) is 0 Å². The first-order chi connectivity index (χ1) is 9.47. The zero-order valence-corrected chi connectivity index (χ0v) is 12.3. The third-order valence-corrected chi connectivity index (χ3v) is 3.35. The molecule has 0 unspecified atom stereocenters. The van der Waals surface area contributed by atoms with Crippen molar-refractivity contribution in [2.75, 3.05) is 0 Å². The number of hydrogen-bond donors (Lipinski definition) is 1. The molecule has 0 saturated heterocycles. The minimum absolute atomic E-state index is 0.252. The average Bonchev–Trinajstić information content (AvgIpc) is 2.39. The fraction of sp³-hybridized carbons (Fsp3) is 0.133. The van der Waals surface area contributed by atoms with E-state index in [1.165, 1.54) is 17.7 Å². The molecule has 0 aliphatic heterocycles. The number of halogens is 2. The number of benzene rings is 2. The highest BCUT2D eigenvalue weighted by Gasteiger charge is 2.12. The van der Waals surface area contributed by atoms with Gasteiger partial charge in [-0.1, -0.05) is 53.0 Å². The summed E-state index contributed by atoms with van der Waals surface area (Å²) in [5, 5.41) is 0.525. The fourth-order valence-corrected chi connectivity index (χ4v) is 2.28. The molecular weight excluding hydrogens is 297 g/mol. The van der Waals surface area contributed by atoms with E-state index in [1.807, 2.05) is 31.2 Å². The molecule has 0 aliphatic rings. The molecular formula is C15H13Cl2NO2. The predicted octanol–water partition coefficient (Wildman–Crippen LogP) is 3.98. The second-order valence-electron chi connectivity index (χ2n) is 4.41. The van der Waals surface area contributed by atoms with Gasteiger partial charge < -0.3 is 10.5 Å². The van der Waals surface area contributed by atoms with Crippen LogP contribution < -0.4 is 10.5 Å². The topological polar surface area (TPSA) is 52.3 Å². The van der Waals surface area contributed by atoms with Crippen molar-refractivity contribution in [3.05, 3.63) is 63.1 Å². The molecule has 0 spiro atoms. The molecule has 0 aromatic heterocycles. The smallest absolute Gasteiger partial charge is 0.248 e. The van der Waals surface area contributed by atoms with E-state index >= 15 is 0 Å². The molecule has 2 rings (SSSR count). The minimum atomic E-state index is -0.584. The Balaban J connectivity index is 2.17. The van der Waals surface area contributed by atoms with Crippen LogP contribution in [0.2, 0.25) is 10.0 Å². The van der Waals surface area contributed by atoms with Crippen molar-refractivity contribution in [2.45, 2.75) is 13.5 Å². The van der Waals surface area contributed by atoms with E-state index in [0.29, 0.717) is 12.4 Å². The van der Waals surface area contributed by atoms with Crippen LogP contribution in [0.1, 0.15) is 21.5 Å². The van der Waals surface area contributed by atoms with E-state index in [-0.39, 0.29) is 15.6 Å². The second-order valence-corrected chi connectivity index (χ2v) is 5.22. The molecule has 2 N–H and O–H groups in total. The van der Waals surface area contributed by atoms with Gasteiger partial charge >= 0.3 is 0 Å². The minimum Gasteiger partial charge on any atom is -0.486 e. The predicted molar refractivity (Wildman–Crippen MR) is 80.5 cm³/mol. The Morgan fingerprint density at radius 2 is 1.70 bits per heavy atom. The number of aryl methyl sites for hydroxylation is 1. The summed E-state index contributed by atoms with van der Waals surface area (Å²) in [5.74, 6) is -0.238. The Labute approximate surface area is 127 Å². The summed E-state index contributed by atoms with van der Waals surface area (Å²) in [6.45, 7) is 2.36. The lowest BCUT2D eigenvalue weighted by Crippen LogP contribution is -2.11. The Kier molecular flexibility index (Phi) is 4.53. The third-order valence-electron chi connectivity index (χ3n) is 2.79. The quantitative estimate of drug-likeness (QED) is 0.928. The van der Waals surface area contributed by atoms with Crippen molar-refractivity contribution in [1.82, 2.24) is 0 Å². The Morgan fingerprint density at radius 3 is 2.20 bits per heavy atom. The van der Waals surface area contributed by atoms with Crippen LogP contribution in [0.4, 0.5) is 0 Å². The van der Waals surface area contributed by atoms with Crippen molar-refractivity contribution in [3.63, 3.8) is 0 Å². The Hall–Kier alpha value is -1.71. The molecule has 0 radical (unpaired) electrons. The van der Waals surface area contributed by atoms with Gasteiger partial charge in [0.15, 0.2) is 5.75 Å². The van der Waals surface area contributed by atoms with Gasteiger partial charge in [-0.05, 0) is 24.6 Å². The molecule has 1 amide bonds. The molecule has 0 aliphatic carbocycles. The lowest BCUT2D eigenvalue weighted by Gasteiger charge is -2.11. The van der Waals surface area contributed by atoms with Crippen LogP contribution in [0.15, 0.2) is 36.4 Å². The highest BCUT2D eigenvalue weighted by atomic mass is 35.5. The summed E-state index contributed by atoms with van der Waals surface area (Å²) in [4.78, 5) is 11.1. The van der Waals surface area contributed by atoms with E-state index < -0.39 is 5.91 Å². The van der Waals surface area contributed by atoms with Crippen LogP contribution in [0, 0.1) is 6.92 Å². The van der Waals surface area contributed by atoms with E-state index in [2.05, 4.69) is 0 Å². The van der Waals surface area contributed by atoms with E-state index in [9.17, 15) is 4.79 Å². The molecule has 2 aromatic rings. The van der Waals surface area contributed by atoms with E-state index in [1.54, 1.807) is 0 Å². The summed E-state index contributed by atoms with van der Waals surface area (Å²) < 4.78 is 5.61. The number of carbonyl (C=O) groups excluding carboxylic acids is 1. The first-order valence-electron chi connectivity index (χ1n) is 5.94. The summed E-state index contributed by atoms with van der Waals surface area (Å²) in [5.41, 5.74) is 7.61. The van der Waals surface area contributed by atoms with Gasteiger partial charge in [0.25, 0.3) is 0 Å². The van der Waals surface area contributed by atoms with Gasteiger partial charge in [-0.25, -0.2) is 0 Å². The van der Waals surface area contributed by atoms with Gasteiger partial charge in [-0.2, -0.15) is 0 Å². The molecule has 104 valence electrons. The van der Waals surface area contributed by atoms with Crippen LogP contribution in [-0.2, 0) is 6.61 Å². The molecule has 0 saturated carbocycles. The number of primary amides is 1. The van der Waals surface area contributed by atoms with E-state index in [0.717, 1.165) is 5.56 Å². The normalized spacial score (nSPS) is 10.3. The van der Waals surface area contributed by atoms with Crippen LogP contribution >= 0.6 is 23.2 Å². The largest absolute Gasteiger partial charge is 0.486 e. The van der Waals surface area contributed by atoms with Crippen molar-refractivity contribution in [1.29, 1.82) is 0 Å². The molecule has 0 bridgehead atoms. The lowest BCUT2D eigenvalue weighted by molar-refractivity contribution is 0.1000. The summed E-state index contributed by atoms with van der Waals surface area (Å²) in [7, 11) is 0. The van der Waals surface area contributed by atoms with Gasteiger partial charge in [0.1, 0.15) is 6.61 Å². The number of amides is 1. The summed E-state index contributed by atoms with van der Waals surface area (Å²) in [6.07, 6.45) is 0. The molecule has 0 fully saturated rings. The highest BCUT2D eigenvalue weighted by molar-refractivity contribution is 6.37. The Morgan fingerprint density at radius 1 is 1.15 bits per heavy atom. The number of nitrogens with two attached hydrogens (primary N) is 1. The SMILES string of the molecule is Cc1ccc(COc2c(Cl)cc(C(N)=O)cc2Cl)cc1. The van der Waals surface area contributed by atoms with E-state index in [4.69, 9.17) is 33.7 Å². The van der Waals surface area contributed by atoms with Crippen LogP contribution in [0.3, 0.4) is 0 Å². The van der Waals surface area contributed by atoms with Gasteiger partial charge in [0.05, 0.1) is 10.0 Å². The molecule has 0 atom stereocenters. The first-order valence-corrected chi connectivity index (χ1v) is 6.70. The molecule has 20 heavy (non-hydrogen) atoms. The molecule has 5 heteroatoms. The van der Waals surface area contributed by atoms with Crippen molar-refractivity contribution in [2.24, 2.45) is 5.73 Å². The van der Waals surface area contributed by atoms with Crippen molar-refractivity contribution < 1.29 is 9.53 Å². The standard InChI is InChI=1S/C15H13Cl2NO2/c1-9-2-4-10(5-3-9)8-20-14-12(16)6-11(15(18)19)7-13(14)17/h2-7H,8H2,1H3,(H2,18,19). The summed E-state index contributed by atoms with van der Waals surface area (Å²) in [6, 6.07) is 10.8. The second kappa shape index (κ2) is 6.16. The average molecular weight is 310 g/mol. The van der Waals surface area contributed by atoms with Gasteiger partial charge in [-0.15, -0.1) is 0 Å². The van der Waals surface area contributed by atoms with Crippen LogP contribution in [0.5, 0.6) is 5.75 Å². The Bertz CT molecular complexity index is 616. The molecule has 0 heterocycles. The number of hydrogen-bond acceptors (Lipinski definition) is 2. The first kappa shape index (κ1) is 14.7. The third kappa shape index (κ3) is 3.44. The molecule has 2 aromatic carbocycles. The van der Waals surface area contributed by atoms with Gasteiger partial charge in [0, 0.05) is 5.56 Å². The maximum atomic E-state index is 11.1. The number of ether oxygens (including phenoxy) is 1. The number of carbonyl (C=O) groups is 1. The zero-order chi connectivity index (χ0) is 14.7. The zero-order valence-electron chi connectivity index (χ0n) is 10.8. The summed E-state index contributed by atoms with van der Waals surface area (Å²) >= 11 is 12.1. The maximum Gasteiger partial charge on any atom is 0.248 e. The number of rotatable bonds is 4.